The number of hydrogen-bond acceptors (Lipinski definition) is 6. The monoisotopic (exact) mass is 398 g/mol. The number of nitrogens with zero attached hydrogens (tertiary/aromatic N) is 6. The summed E-state index contributed by atoms with van der Waals surface area (Å²) in [6, 6.07) is 3.43. The van der Waals surface area contributed by atoms with Crippen LogP contribution in [0.5, 0.6) is 0 Å². The first-order valence-electron chi connectivity index (χ1n) is 9.94. The number of rotatable bonds is 2. The molecule has 29 heavy (non-hydrogen) atoms. The lowest BCUT2D eigenvalue weighted by molar-refractivity contribution is 0.0193. The maximum Gasteiger partial charge on any atom is 0.410 e. The van der Waals surface area contributed by atoms with Gasteiger partial charge in [0.15, 0.2) is 11.6 Å². The van der Waals surface area contributed by atoms with E-state index in [1.807, 2.05) is 30.2 Å². The van der Waals surface area contributed by atoms with E-state index in [0.29, 0.717) is 31.7 Å². The molecular formula is C20H26N6O3. The molecule has 2 aliphatic rings. The van der Waals surface area contributed by atoms with Gasteiger partial charge in [0.2, 0.25) is 0 Å². The third kappa shape index (κ3) is 3.94. The number of pyridine rings is 1. The van der Waals surface area contributed by atoms with Gasteiger partial charge in [-0.15, -0.1) is 10.2 Å². The van der Waals surface area contributed by atoms with Gasteiger partial charge in [0.05, 0.1) is 18.2 Å². The molecule has 1 fully saturated rings. The van der Waals surface area contributed by atoms with Crippen molar-refractivity contribution >= 4 is 12.0 Å². The minimum absolute atomic E-state index is 0.0378. The van der Waals surface area contributed by atoms with Crippen LogP contribution in [-0.4, -0.2) is 60.2 Å². The maximum atomic E-state index is 13.0. The van der Waals surface area contributed by atoms with Gasteiger partial charge >= 0.3 is 6.09 Å². The molecule has 2 aromatic heterocycles. The second-order valence-corrected chi connectivity index (χ2v) is 8.43. The van der Waals surface area contributed by atoms with Gasteiger partial charge in [-0.1, -0.05) is 0 Å². The minimum Gasteiger partial charge on any atom is -0.444 e. The summed E-state index contributed by atoms with van der Waals surface area (Å²) in [4.78, 5) is 32.9. The zero-order chi connectivity index (χ0) is 20.6. The molecule has 1 atom stereocenters. The highest BCUT2D eigenvalue weighted by molar-refractivity contribution is 5.94. The van der Waals surface area contributed by atoms with Crippen LogP contribution in [0.25, 0.3) is 0 Å². The fraction of sp³-hybridized carbons (Fsp3) is 0.550. The summed E-state index contributed by atoms with van der Waals surface area (Å²) in [6.07, 6.45) is 4.67. The van der Waals surface area contributed by atoms with Crippen LogP contribution in [-0.2, 0) is 17.8 Å². The summed E-state index contributed by atoms with van der Waals surface area (Å²) in [6.45, 7) is 7.70. The van der Waals surface area contributed by atoms with Crippen LogP contribution in [0, 0.1) is 0 Å². The van der Waals surface area contributed by atoms with Crippen LogP contribution >= 0.6 is 0 Å². The van der Waals surface area contributed by atoms with Crippen LogP contribution in [0.3, 0.4) is 0 Å². The first-order chi connectivity index (χ1) is 13.8. The summed E-state index contributed by atoms with van der Waals surface area (Å²) in [7, 11) is 0. The number of carbonyl (C=O) groups excluding carboxylic acids is 2. The Labute approximate surface area is 169 Å². The van der Waals surface area contributed by atoms with Crippen LogP contribution in [0.15, 0.2) is 24.5 Å². The van der Waals surface area contributed by atoms with E-state index in [9.17, 15) is 9.59 Å². The van der Waals surface area contributed by atoms with Crippen molar-refractivity contribution in [3.8, 4) is 0 Å². The highest BCUT2D eigenvalue weighted by Crippen LogP contribution is 2.33. The van der Waals surface area contributed by atoms with Crippen LogP contribution in [0.1, 0.15) is 61.7 Å². The number of likely N-dealkylation sites (tertiary alicyclic amines) is 1. The molecule has 4 heterocycles. The lowest BCUT2D eigenvalue weighted by atomic mass is 10.1. The number of fused-ring (bicyclic) bond motifs is 1. The topological polar surface area (TPSA) is 93.5 Å². The molecule has 0 saturated carbocycles. The van der Waals surface area contributed by atoms with Crippen molar-refractivity contribution < 1.29 is 14.3 Å². The first-order valence-corrected chi connectivity index (χ1v) is 9.94. The van der Waals surface area contributed by atoms with E-state index in [4.69, 9.17) is 4.74 Å². The number of ether oxygens (including phenoxy) is 1. The van der Waals surface area contributed by atoms with Gasteiger partial charge in [0.1, 0.15) is 5.60 Å². The second-order valence-electron chi connectivity index (χ2n) is 8.43. The summed E-state index contributed by atoms with van der Waals surface area (Å²) in [5.74, 6) is 1.47. The van der Waals surface area contributed by atoms with Crippen molar-refractivity contribution in [1.82, 2.24) is 29.5 Å². The first kappa shape index (κ1) is 19.4. The van der Waals surface area contributed by atoms with Gasteiger partial charge in [-0.2, -0.15) is 0 Å². The third-order valence-corrected chi connectivity index (χ3v) is 5.15. The molecule has 9 nitrogen and oxygen atoms in total. The smallest absolute Gasteiger partial charge is 0.410 e. The molecule has 9 heteroatoms. The Hall–Kier alpha value is -2.97. The van der Waals surface area contributed by atoms with Crippen molar-refractivity contribution in [2.75, 3.05) is 13.1 Å². The number of hydrogen-bond donors (Lipinski definition) is 0. The van der Waals surface area contributed by atoms with E-state index < -0.39 is 5.60 Å². The van der Waals surface area contributed by atoms with E-state index in [1.54, 1.807) is 29.4 Å². The molecule has 0 bridgehead atoms. The van der Waals surface area contributed by atoms with Crippen molar-refractivity contribution in [2.24, 2.45) is 0 Å². The molecule has 0 aliphatic carbocycles. The normalized spacial score (nSPS) is 19.2. The van der Waals surface area contributed by atoms with E-state index in [1.165, 1.54) is 0 Å². The fourth-order valence-corrected chi connectivity index (χ4v) is 3.84. The maximum absolute atomic E-state index is 13.0. The molecule has 2 amide bonds. The summed E-state index contributed by atoms with van der Waals surface area (Å²) >= 11 is 0. The Morgan fingerprint density at radius 3 is 2.72 bits per heavy atom. The van der Waals surface area contributed by atoms with E-state index in [-0.39, 0.29) is 18.0 Å². The van der Waals surface area contributed by atoms with Crippen molar-refractivity contribution in [3.05, 3.63) is 41.7 Å². The van der Waals surface area contributed by atoms with Crippen molar-refractivity contribution in [1.29, 1.82) is 0 Å². The van der Waals surface area contributed by atoms with Gasteiger partial charge in [-0.05, 0) is 45.7 Å². The Balaban J connectivity index is 1.52. The molecular weight excluding hydrogens is 372 g/mol. The molecule has 0 aromatic carbocycles. The minimum atomic E-state index is -0.537. The van der Waals surface area contributed by atoms with E-state index >= 15 is 0 Å². The van der Waals surface area contributed by atoms with Gasteiger partial charge in [-0.3, -0.25) is 14.7 Å². The highest BCUT2D eigenvalue weighted by Gasteiger charge is 2.36. The Bertz CT molecular complexity index is 905. The van der Waals surface area contributed by atoms with Crippen LogP contribution < -0.4 is 0 Å². The number of aromatic nitrogens is 4. The average molecular weight is 398 g/mol. The highest BCUT2D eigenvalue weighted by atomic mass is 16.6. The fourth-order valence-electron chi connectivity index (χ4n) is 3.84. The Kier molecular flexibility index (Phi) is 4.97. The zero-order valence-corrected chi connectivity index (χ0v) is 17.0. The number of carbonyl (C=O) groups is 2. The molecule has 0 N–H and O–H groups in total. The Morgan fingerprint density at radius 1 is 1.17 bits per heavy atom. The quantitative estimate of drug-likeness (QED) is 0.771. The molecule has 1 saturated heterocycles. The SMILES string of the molecule is CC(C)(C)OC(=O)N1CCn2c(nnc2C2CCCN2C(=O)c2cccnc2)C1. The average Bonchev–Trinajstić information content (AvgIpc) is 3.32. The van der Waals surface area contributed by atoms with Crippen LogP contribution in [0.4, 0.5) is 4.79 Å². The van der Waals surface area contributed by atoms with Gasteiger partial charge in [0.25, 0.3) is 5.91 Å². The van der Waals surface area contributed by atoms with Crippen molar-refractivity contribution in [3.63, 3.8) is 0 Å². The molecule has 0 radical (unpaired) electrons. The third-order valence-electron chi connectivity index (χ3n) is 5.15. The Morgan fingerprint density at radius 2 is 2.00 bits per heavy atom. The van der Waals surface area contributed by atoms with E-state index in [0.717, 1.165) is 24.5 Å². The van der Waals surface area contributed by atoms with Gasteiger partial charge < -0.3 is 14.2 Å². The molecule has 4 rings (SSSR count). The van der Waals surface area contributed by atoms with E-state index in [2.05, 4.69) is 15.2 Å². The summed E-state index contributed by atoms with van der Waals surface area (Å²) in [5, 5.41) is 8.71. The lowest BCUT2D eigenvalue weighted by Crippen LogP contribution is -2.42. The predicted octanol–water partition coefficient (Wildman–Crippen LogP) is 2.40. The molecule has 2 aromatic rings. The molecule has 2 aliphatic heterocycles. The second kappa shape index (κ2) is 7.46. The standard InChI is InChI=1S/C20H26N6O3/c1-20(2,3)29-19(28)24-10-11-26-16(13-24)22-23-17(26)15-7-5-9-25(15)18(27)14-6-4-8-21-12-14/h4,6,8,12,15H,5,7,9-11,13H2,1-3H3. The summed E-state index contributed by atoms with van der Waals surface area (Å²) < 4.78 is 7.51. The number of amides is 2. The molecule has 0 spiro atoms. The molecule has 154 valence electrons. The lowest BCUT2D eigenvalue weighted by Gasteiger charge is -2.31. The largest absolute Gasteiger partial charge is 0.444 e. The molecule has 1 unspecified atom stereocenters. The van der Waals surface area contributed by atoms with Crippen LogP contribution in [0.2, 0.25) is 0 Å². The summed E-state index contributed by atoms with van der Waals surface area (Å²) in [5.41, 5.74) is 0.0403. The van der Waals surface area contributed by atoms with Gasteiger partial charge in [-0.25, -0.2) is 4.79 Å². The zero-order valence-electron chi connectivity index (χ0n) is 17.0. The van der Waals surface area contributed by atoms with Gasteiger partial charge in [0, 0.05) is 32.0 Å². The van der Waals surface area contributed by atoms with Crippen molar-refractivity contribution in [2.45, 2.75) is 58.3 Å². The predicted molar refractivity (Wildman–Crippen MR) is 104 cm³/mol.